The minimum absolute atomic E-state index is 0. The number of guanidine groups is 1. The summed E-state index contributed by atoms with van der Waals surface area (Å²) in [4.78, 5) is 10.8. The van der Waals surface area contributed by atoms with E-state index in [0.717, 1.165) is 31.4 Å². The van der Waals surface area contributed by atoms with Crippen LogP contribution >= 0.6 is 24.0 Å². The molecular formula is C12H23IN6. The number of aryl methyl sites for hydroxylation is 1. The van der Waals surface area contributed by atoms with Crippen LogP contribution in [0, 0.1) is 5.92 Å². The number of piperidine rings is 1. The molecule has 2 rings (SSSR count). The van der Waals surface area contributed by atoms with Gasteiger partial charge in [0.2, 0.25) is 0 Å². The van der Waals surface area contributed by atoms with E-state index in [1.807, 2.05) is 11.6 Å². The average Bonchev–Trinajstić information content (AvgIpc) is 2.84. The molecule has 0 spiro atoms. The van der Waals surface area contributed by atoms with Crippen LogP contribution in [0.5, 0.6) is 0 Å². The normalized spacial score (nSPS) is 17.4. The standard InChI is InChI=1S/C12H22N6.HI/c1-3-18-11(15-9-16-18)8-14-12(13)17-6-4-10(2)5-7-17;/h9-10H,3-8H2,1-2H3,(H2,13,14);1H. The molecule has 19 heavy (non-hydrogen) atoms. The Morgan fingerprint density at radius 2 is 2.16 bits per heavy atom. The van der Waals surface area contributed by atoms with Crippen LogP contribution in [-0.4, -0.2) is 38.7 Å². The van der Waals surface area contributed by atoms with E-state index in [0.29, 0.717) is 12.5 Å². The van der Waals surface area contributed by atoms with E-state index in [9.17, 15) is 0 Å². The van der Waals surface area contributed by atoms with E-state index < -0.39 is 0 Å². The van der Waals surface area contributed by atoms with Crippen molar-refractivity contribution in [1.29, 1.82) is 0 Å². The number of rotatable bonds is 3. The van der Waals surface area contributed by atoms with Crippen molar-refractivity contribution in [1.82, 2.24) is 19.7 Å². The molecule has 1 aliphatic heterocycles. The van der Waals surface area contributed by atoms with E-state index in [-0.39, 0.29) is 24.0 Å². The molecule has 0 amide bonds. The lowest BCUT2D eigenvalue weighted by atomic mass is 10.00. The van der Waals surface area contributed by atoms with Gasteiger partial charge in [0.1, 0.15) is 18.7 Å². The summed E-state index contributed by atoms with van der Waals surface area (Å²) in [5.74, 6) is 2.30. The first-order valence-electron chi connectivity index (χ1n) is 6.62. The zero-order valence-electron chi connectivity index (χ0n) is 11.6. The van der Waals surface area contributed by atoms with Gasteiger partial charge in [-0.25, -0.2) is 14.7 Å². The van der Waals surface area contributed by atoms with Crippen molar-refractivity contribution in [2.24, 2.45) is 16.6 Å². The number of halogens is 1. The monoisotopic (exact) mass is 378 g/mol. The van der Waals surface area contributed by atoms with Crippen LogP contribution < -0.4 is 5.73 Å². The van der Waals surface area contributed by atoms with E-state index >= 15 is 0 Å². The van der Waals surface area contributed by atoms with Gasteiger partial charge in [-0.1, -0.05) is 6.92 Å². The second kappa shape index (κ2) is 7.66. The first kappa shape index (κ1) is 16.2. The predicted molar refractivity (Wildman–Crippen MR) is 86.4 cm³/mol. The van der Waals surface area contributed by atoms with E-state index in [2.05, 4.69) is 26.9 Å². The molecule has 1 aliphatic rings. The summed E-state index contributed by atoms with van der Waals surface area (Å²) < 4.78 is 1.84. The molecule has 1 aromatic rings. The summed E-state index contributed by atoms with van der Waals surface area (Å²) >= 11 is 0. The third kappa shape index (κ3) is 4.32. The lowest BCUT2D eigenvalue weighted by Gasteiger charge is -2.30. The first-order chi connectivity index (χ1) is 8.70. The van der Waals surface area contributed by atoms with Crippen molar-refractivity contribution in [2.75, 3.05) is 13.1 Å². The smallest absolute Gasteiger partial charge is 0.191 e. The summed E-state index contributed by atoms with van der Waals surface area (Å²) in [5.41, 5.74) is 6.02. The van der Waals surface area contributed by atoms with Crippen molar-refractivity contribution < 1.29 is 0 Å². The van der Waals surface area contributed by atoms with Crippen LogP contribution in [0.25, 0.3) is 0 Å². The Kier molecular flexibility index (Phi) is 6.53. The fraction of sp³-hybridized carbons (Fsp3) is 0.750. The molecule has 0 radical (unpaired) electrons. The molecule has 0 aliphatic carbocycles. The largest absolute Gasteiger partial charge is 0.370 e. The van der Waals surface area contributed by atoms with Gasteiger partial charge in [-0.15, -0.1) is 24.0 Å². The molecule has 1 fully saturated rings. The third-order valence-corrected chi connectivity index (χ3v) is 3.49. The summed E-state index contributed by atoms with van der Waals surface area (Å²) in [6.45, 7) is 7.66. The molecule has 1 aromatic heterocycles. The Balaban J connectivity index is 0.00000180. The average molecular weight is 378 g/mol. The van der Waals surface area contributed by atoms with Crippen LogP contribution in [0.1, 0.15) is 32.5 Å². The van der Waals surface area contributed by atoms with E-state index in [1.54, 1.807) is 6.33 Å². The quantitative estimate of drug-likeness (QED) is 0.491. The van der Waals surface area contributed by atoms with Gasteiger partial charge in [-0.2, -0.15) is 5.10 Å². The van der Waals surface area contributed by atoms with E-state index in [4.69, 9.17) is 5.73 Å². The minimum atomic E-state index is 0. The zero-order valence-corrected chi connectivity index (χ0v) is 13.9. The number of nitrogens with two attached hydrogens (primary N) is 1. The van der Waals surface area contributed by atoms with Crippen LogP contribution in [0.3, 0.4) is 0 Å². The van der Waals surface area contributed by atoms with Crippen molar-refractivity contribution in [3.63, 3.8) is 0 Å². The Hall–Kier alpha value is -0.860. The van der Waals surface area contributed by atoms with Gasteiger partial charge < -0.3 is 10.6 Å². The van der Waals surface area contributed by atoms with Crippen LogP contribution in [0.2, 0.25) is 0 Å². The molecule has 2 N–H and O–H groups in total. The molecule has 0 bridgehead atoms. The number of likely N-dealkylation sites (tertiary alicyclic amines) is 1. The van der Waals surface area contributed by atoms with Gasteiger partial charge in [-0.05, 0) is 25.7 Å². The zero-order chi connectivity index (χ0) is 13.0. The van der Waals surface area contributed by atoms with Crippen molar-refractivity contribution >= 4 is 29.9 Å². The molecule has 0 atom stereocenters. The highest BCUT2D eigenvalue weighted by atomic mass is 127. The third-order valence-electron chi connectivity index (χ3n) is 3.49. The number of aromatic nitrogens is 3. The Morgan fingerprint density at radius 1 is 1.47 bits per heavy atom. The maximum absolute atomic E-state index is 6.02. The summed E-state index contributed by atoms with van der Waals surface area (Å²) in [7, 11) is 0. The van der Waals surface area contributed by atoms with Gasteiger partial charge in [0.05, 0.1) is 0 Å². The first-order valence-corrected chi connectivity index (χ1v) is 6.62. The Morgan fingerprint density at radius 3 is 2.79 bits per heavy atom. The number of hydrogen-bond donors (Lipinski definition) is 1. The minimum Gasteiger partial charge on any atom is -0.370 e. The van der Waals surface area contributed by atoms with Crippen molar-refractivity contribution in [3.8, 4) is 0 Å². The predicted octanol–water partition coefficient (Wildman–Crippen LogP) is 1.46. The molecule has 6 nitrogen and oxygen atoms in total. The molecule has 0 unspecified atom stereocenters. The van der Waals surface area contributed by atoms with Gasteiger partial charge in [-0.3, -0.25) is 0 Å². The fourth-order valence-corrected chi connectivity index (χ4v) is 2.16. The highest BCUT2D eigenvalue weighted by molar-refractivity contribution is 14.0. The van der Waals surface area contributed by atoms with Gasteiger partial charge in [0.25, 0.3) is 0 Å². The van der Waals surface area contributed by atoms with Gasteiger partial charge in [0, 0.05) is 19.6 Å². The Bertz CT molecular complexity index is 408. The second-order valence-electron chi connectivity index (χ2n) is 4.84. The van der Waals surface area contributed by atoms with Gasteiger partial charge >= 0.3 is 0 Å². The van der Waals surface area contributed by atoms with Crippen LogP contribution in [-0.2, 0) is 13.1 Å². The lowest BCUT2D eigenvalue weighted by Crippen LogP contribution is -2.42. The Labute approximate surface area is 131 Å². The molecule has 7 heteroatoms. The maximum atomic E-state index is 6.02. The number of nitrogens with zero attached hydrogens (tertiary/aromatic N) is 5. The number of hydrogen-bond acceptors (Lipinski definition) is 3. The molecule has 0 aromatic carbocycles. The van der Waals surface area contributed by atoms with Crippen LogP contribution in [0.4, 0.5) is 0 Å². The molecule has 2 heterocycles. The van der Waals surface area contributed by atoms with Crippen molar-refractivity contribution in [2.45, 2.75) is 39.8 Å². The summed E-state index contributed by atoms with van der Waals surface area (Å²) in [5, 5.41) is 4.12. The molecule has 0 saturated carbocycles. The summed E-state index contributed by atoms with van der Waals surface area (Å²) in [6, 6.07) is 0. The highest BCUT2D eigenvalue weighted by Gasteiger charge is 2.17. The number of aliphatic imine (C=N–C) groups is 1. The fourth-order valence-electron chi connectivity index (χ4n) is 2.16. The molecule has 1 saturated heterocycles. The van der Waals surface area contributed by atoms with Crippen molar-refractivity contribution in [3.05, 3.63) is 12.2 Å². The lowest BCUT2D eigenvalue weighted by molar-refractivity contribution is 0.277. The topological polar surface area (TPSA) is 72.3 Å². The van der Waals surface area contributed by atoms with Gasteiger partial charge in [0.15, 0.2) is 5.96 Å². The molecule has 108 valence electrons. The van der Waals surface area contributed by atoms with Crippen LogP contribution in [0.15, 0.2) is 11.3 Å². The maximum Gasteiger partial charge on any atom is 0.191 e. The highest BCUT2D eigenvalue weighted by Crippen LogP contribution is 2.15. The summed E-state index contributed by atoms with van der Waals surface area (Å²) in [6.07, 6.45) is 3.95. The SMILES string of the molecule is CCn1ncnc1CN=C(N)N1CCC(C)CC1.I. The molecular weight excluding hydrogens is 355 g/mol. The second-order valence-corrected chi connectivity index (χ2v) is 4.84. The van der Waals surface area contributed by atoms with E-state index in [1.165, 1.54) is 12.8 Å².